The largest absolute Gasteiger partial charge is 0.478 e. The van der Waals surface area contributed by atoms with Crippen molar-refractivity contribution < 1.29 is 19.4 Å². The van der Waals surface area contributed by atoms with E-state index in [-0.39, 0.29) is 11.3 Å². The highest BCUT2D eigenvalue weighted by atomic mass is 127. The fraction of sp³-hybridized carbons (Fsp3) is 0.273. The van der Waals surface area contributed by atoms with E-state index in [1.165, 1.54) is 6.07 Å². The SMILES string of the molecule is O=C(CCCI)Oc1c(I)cc(I)cc1C(=O)O. The Balaban J connectivity index is 3.00. The number of esters is 1. The molecule has 18 heavy (non-hydrogen) atoms. The molecule has 0 radical (unpaired) electrons. The summed E-state index contributed by atoms with van der Waals surface area (Å²) in [5, 5.41) is 9.10. The molecule has 0 fully saturated rings. The zero-order chi connectivity index (χ0) is 13.7. The summed E-state index contributed by atoms with van der Waals surface area (Å²) < 4.78 is 7.44. The molecule has 4 nitrogen and oxygen atoms in total. The third kappa shape index (κ3) is 4.79. The van der Waals surface area contributed by atoms with Gasteiger partial charge in [0.15, 0.2) is 5.75 Å². The zero-order valence-electron chi connectivity index (χ0n) is 9.08. The van der Waals surface area contributed by atoms with E-state index in [1.807, 2.05) is 45.2 Å². The number of rotatable bonds is 5. The van der Waals surface area contributed by atoms with E-state index >= 15 is 0 Å². The molecule has 0 amide bonds. The second-order valence-corrected chi connectivity index (χ2v) is 6.82. The van der Waals surface area contributed by atoms with Crippen LogP contribution in [0.4, 0.5) is 0 Å². The van der Waals surface area contributed by atoms with Gasteiger partial charge < -0.3 is 9.84 Å². The Labute approximate surface area is 145 Å². The highest BCUT2D eigenvalue weighted by molar-refractivity contribution is 14.1. The van der Waals surface area contributed by atoms with Crippen LogP contribution < -0.4 is 4.74 Å². The number of halogens is 3. The fourth-order valence-corrected chi connectivity index (χ4v) is 3.54. The number of ether oxygens (including phenoxy) is 1. The van der Waals surface area contributed by atoms with Crippen LogP contribution in [0.3, 0.4) is 0 Å². The van der Waals surface area contributed by atoms with Crippen molar-refractivity contribution in [3.63, 3.8) is 0 Å². The van der Waals surface area contributed by atoms with E-state index in [9.17, 15) is 9.59 Å². The molecule has 0 atom stereocenters. The van der Waals surface area contributed by atoms with Crippen molar-refractivity contribution in [1.29, 1.82) is 0 Å². The molecule has 0 saturated carbocycles. The molecule has 1 rings (SSSR count). The molecule has 0 aliphatic heterocycles. The van der Waals surface area contributed by atoms with Crippen LogP contribution >= 0.6 is 67.8 Å². The Morgan fingerprint density at radius 2 is 1.94 bits per heavy atom. The van der Waals surface area contributed by atoms with Gasteiger partial charge in [0, 0.05) is 14.4 Å². The van der Waals surface area contributed by atoms with Crippen molar-refractivity contribution in [2.24, 2.45) is 0 Å². The van der Waals surface area contributed by atoms with E-state index in [1.54, 1.807) is 6.07 Å². The van der Waals surface area contributed by atoms with Crippen LogP contribution in [-0.4, -0.2) is 21.5 Å². The van der Waals surface area contributed by atoms with Crippen molar-refractivity contribution in [1.82, 2.24) is 0 Å². The van der Waals surface area contributed by atoms with Crippen LogP contribution in [0.25, 0.3) is 0 Å². The Hall–Kier alpha value is 0.350. The number of carboxylic acids is 1. The van der Waals surface area contributed by atoms with E-state index in [0.717, 1.165) is 14.4 Å². The minimum atomic E-state index is -1.09. The molecule has 0 spiro atoms. The number of alkyl halides is 1. The molecule has 1 aromatic carbocycles. The summed E-state index contributed by atoms with van der Waals surface area (Å²) in [6.45, 7) is 0. The maximum absolute atomic E-state index is 11.6. The van der Waals surface area contributed by atoms with Crippen LogP contribution in [0.1, 0.15) is 23.2 Å². The van der Waals surface area contributed by atoms with Gasteiger partial charge in [-0.3, -0.25) is 4.79 Å². The first-order valence-corrected chi connectivity index (χ1v) is 8.63. The van der Waals surface area contributed by atoms with Crippen molar-refractivity contribution in [3.05, 3.63) is 24.8 Å². The summed E-state index contributed by atoms with van der Waals surface area (Å²) in [6.07, 6.45) is 1.02. The maximum Gasteiger partial charge on any atom is 0.339 e. The van der Waals surface area contributed by atoms with Crippen molar-refractivity contribution >= 4 is 79.7 Å². The number of carboxylic acid groups (broad SMARTS) is 1. The Morgan fingerprint density at radius 1 is 1.28 bits per heavy atom. The maximum atomic E-state index is 11.6. The zero-order valence-corrected chi connectivity index (χ0v) is 15.6. The van der Waals surface area contributed by atoms with Crippen molar-refractivity contribution in [2.45, 2.75) is 12.8 Å². The summed E-state index contributed by atoms with van der Waals surface area (Å²) in [6, 6.07) is 3.26. The molecule has 0 aliphatic carbocycles. The first-order valence-electron chi connectivity index (χ1n) is 4.94. The molecule has 1 aromatic rings. The first kappa shape index (κ1) is 16.4. The molecule has 0 heterocycles. The molecular weight excluding hydrogens is 577 g/mol. The third-order valence-corrected chi connectivity index (χ3v) is 4.16. The highest BCUT2D eigenvalue weighted by Gasteiger charge is 2.18. The first-order chi connectivity index (χ1) is 8.45. The van der Waals surface area contributed by atoms with Crippen LogP contribution in [0.15, 0.2) is 12.1 Å². The van der Waals surface area contributed by atoms with E-state index in [4.69, 9.17) is 9.84 Å². The number of hydrogen-bond acceptors (Lipinski definition) is 3. The fourth-order valence-electron chi connectivity index (χ4n) is 1.20. The summed E-state index contributed by atoms with van der Waals surface area (Å²) in [4.78, 5) is 22.7. The van der Waals surface area contributed by atoms with E-state index < -0.39 is 11.9 Å². The lowest BCUT2D eigenvalue weighted by Gasteiger charge is -2.10. The number of carbonyl (C=O) groups excluding carboxylic acids is 1. The van der Waals surface area contributed by atoms with Gasteiger partial charge in [-0.1, -0.05) is 22.6 Å². The molecule has 1 N–H and O–H groups in total. The van der Waals surface area contributed by atoms with Gasteiger partial charge in [0.2, 0.25) is 0 Å². The number of aromatic carboxylic acids is 1. The van der Waals surface area contributed by atoms with Crippen molar-refractivity contribution in [3.8, 4) is 5.75 Å². The average Bonchev–Trinajstić information content (AvgIpc) is 2.29. The molecule has 0 aromatic heterocycles. The predicted molar refractivity (Wildman–Crippen MR) is 92.6 cm³/mol. The normalized spacial score (nSPS) is 10.2. The van der Waals surface area contributed by atoms with Crippen molar-refractivity contribution in [2.75, 3.05) is 4.43 Å². The van der Waals surface area contributed by atoms with Crippen LogP contribution in [-0.2, 0) is 4.79 Å². The lowest BCUT2D eigenvalue weighted by molar-refractivity contribution is -0.134. The topological polar surface area (TPSA) is 63.6 Å². The average molecular weight is 586 g/mol. The summed E-state index contributed by atoms with van der Waals surface area (Å²) in [5.74, 6) is -1.35. The Morgan fingerprint density at radius 3 is 2.50 bits per heavy atom. The van der Waals surface area contributed by atoms with E-state index in [2.05, 4.69) is 22.6 Å². The van der Waals surface area contributed by atoms with Gasteiger partial charge in [0.25, 0.3) is 0 Å². The molecule has 7 heteroatoms. The molecular formula is C11H9I3O4. The predicted octanol–water partition coefficient (Wildman–Crippen LogP) is 3.71. The molecule has 0 saturated heterocycles. The van der Waals surface area contributed by atoms with Gasteiger partial charge in [0.05, 0.1) is 3.57 Å². The standard InChI is InChI=1S/C11H9I3O4/c12-3-1-2-9(15)18-10-7(11(16)17)4-6(13)5-8(10)14/h4-5H,1-3H2,(H,16,17). The Bertz CT molecular complexity index is 474. The molecule has 0 bridgehead atoms. The van der Waals surface area contributed by atoms with Gasteiger partial charge in [-0.25, -0.2) is 4.79 Å². The smallest absolute Gasteiger partial charge is 0.339 e. The quantitative estimate of drug-likeness (QED) is 0.248. The van der Waals surface area contributed by atoms with Gasteiger partial charge in [-0.2, -0.15) is 0 Å². The second kappa shape index (κ2) is 7.82. The minimum absolute atomic E-state index is 0.0223. The lowest BCUT2D eigenvalue weighted by Crippen LogP contribution is -2.12. The van der Waals surface area contributed by atoms with Crippen LogP contribution in [0.2, 0.25) is 0 Å². The number of carbonyl (C=O) groups is 2. The molecule has 0 aliphatic rings. The highest BCUT2D eigenvalue weighted by Crippen LogP contribution is 2.29. The van der Waals surface area contributed by atoms with Gasteiger partial charge in [-0.15, -0.1) is 0 Å². The van der Waals surface area contributed by atoms with Crippen LogP contribution in [0.5, 0.6) is 5.75 Å². The lowest BCUT2D eigenvalue weighted by atomic mass is 10.2. The minimum Gasteiger partial charge on any atom is -0.478 e. The number of benzene rings is 1. The molecule has 0 unspecified atom stereocenters. The summed E-state index contributed by atoms with van der Waals surface area (Å²) in [5.41, 5.74) is 0.0223. The summed E-state index contributed by atoms with van der Waals surface area (Å²) in [7, 11) is 0. The van der Waals surface area contributed by atoms with Crippen LogP contribution in [0, 0.1) is 7.14 Å². The third-order valence-electron chi connectivity index (χ3n) is 1.97. The van der Waals surface area contributed by atoms with Gasteiger partial charge in [0.1, 0.15) is 5.56 Å². The Kier molecular flexibility index (Phi) is 7.13. The van der Waals surface area contributed by atoms with E-state index in [0.29, 0.717) is 9.99 Å². The van der Waals surface area contributed by atoms with Gasteiger partial charge in [-0.05, 0) is 63.7 Å². The number of hydrogen-bond donors (Lipinski definition) is 1. The van der Waals surface area contributed by atoms with Gasteiger partial charge >= 0.3 is 11.9 Å². The molecule has 98 valence electrons. The summed E-state index contributed by atoms with van der Waals surface area (Å²) >= 11 is 6.17. The second-order valence-electron chi connectivity index (χ2n) is 3.34. The monoisotopic (exact) mass is 586 g/mol.